The van der Waals surface area contributed by atoms with E-state index in [-0.39, 0.29) is 11.8 Å². The van der Waals surface area contributed by atoms with Gasteiger partial charge in [-0.1, -0.05) is 26.7 Å². The minimum absolute atomic E-state index is 0.122. The van der Waals surface area contributed by atoms with Crippen molar-refractivity contribution in [3.63, 3.8) is 0 Å². The first-order chi connectivity index (χ1) is 9.71. The Kier molecular flexibility index (Phi) is 8.51. The highest BCUT2D eigenvalue weighted by Crippen LogP contribution is 2.14. The SMILES string of the molecule is CCCCN(CCCC)C(=O)CN1CCCC(C=O)C1. The molecule has 1 rings (SSSR count). The molecule has 0 aromatic rings. The van der Waals surface area contributed by atoms with Gasteiger partial charge >= 0.3 is 0 Å². The summed E-state index contributed by atoms with van der Waals surface area (Å²) in [6.45, 7) is 8.25. The van der Waals surface area contributed by atoms with E-state index in [1.807, 2.05) is 4.90 Å². The molecule has 0 spiro atoms. The van der Waals surface area contributed by atoms with Crippen molar-refractivity contribution in [2.24, 2.45) is 5.92 Å². The van der Waals surface area contributed by atoms with Gasteiger partial charge in [-0.2, -0.15) is 0 Å². The summed E-state index contributed by atoms with van der Waals surface area (Å²) in [6, 6.07) is 0. The fraction of sp³-hybridized carbons (Fsp3) is 0.875. The lowest BCUT2D eigenvalue weighted by molar-refractivity contribution is -0.133. The third-order valence-electron chi connectivity index (χ3n) is 4.01. The molecule has 0 aliphatic carbocycles. The fourth-order valence-corrected chi connectivity index (χ4v) is 2.70. The van der Waals surface area contributed by atoms with Crippen LogP contribution < -0.4 is 0 Å². The standard InChI is InChI=1S/C16H30N2O2/c1-3-5-10-18(11-6-4-2)16(20)13-17-9-7-8-15(12-17)14-19/h14-15H,3-13H2,1-2H3. The average molecular weight is 282 g/mol. The summed E-state index contributed by atoms with van der Waals surface area (Å²) >= 11 is 0. The number of carbonyl (C=O) groups is 2. The van der Waals surface area contributed by atoms with E-state index in [9.17, 15) is 9.59 Å². The van der Waals surface area contributed by atoms with Crippen molar-refractivity contribution < 1.29 is 9.59 Å². The normalized spacial score (nSPS) is 19.8. The largest absolute Gasteiger partial charge is 0.342 e. The molecule has 1 unspecified atom stereocenters. The van der Waals surface area contributed by atoms with Crippen molar-refractivity contribution in [2.75, 3.05) is 32.7 Å². The van der Waals surface area contributed by atoms with Gasteiger partial charge in [0.05, 0.1) is 6.54 Å². The Balaban J connectivity index is 2.44. The first-order valence-corrected chi connectivity index (χ1v) is 8.16. The molecule has 1 fully saturated rings. The molecule has 1 amide bonds. The molecule has 0 saturated carbocycles. The topological polar surface area (TPSA) is 40.6 Å². The Bertz CT molecular complexity index is 286. The number of piperidine rings is 1. The monoisotopic (exact) mass is 282 g/mol. The molecule has 0 aromatic heterocycles. The lowest BCUT2D eigenvalue weighted by Gasteiger charge is -2.32. The minimum atomic E-state index is 0.122. The zero-order chi connectivity index (χ0) is 14.8. The number of likely N-dealkylation sites (tertiary alicyclic amines) is 1. The summed E-state index contributed by atoms with van der Waals surface area (Å²) in [5, 5.41) is 0. The summed E-state index contributed by atoms with van der Waals surface area (Å²) in [7, 11) is 0. The number of nitrogens with zero attached hydrogens (tertiary/aromatic N) is 2. The summed E-state index contributed by atoms with van der Waals surface area (Å²) < 4.78 is 0. The van der Waals surface area contributed by atoms with Gasteiger partial charge in [-0.25, -0.2) is 0 Å². The van der Waals surface area contributed by atoms with Crippen LogP contribution in [0.5, 0.6) is 0 Å². The van der Waals surface area contributed by atoms with Crippen LogP contribution in [-0.4, -0.2) is 54.7 Å². The first-order valence-electron chi connectivity index (χ1n) is 8.16. The van der Waals surface area contributed by atoms with Crippen molar-refractivity contribution in [1.29, 1.82) is 0 Å². The van der Waals surface area contributed by atoms with Crippen molar-refractivity contribution in [1.82, 2.24) is 9.80 Å². The molecule has 0 radical (unpaired) electrons. The van der Waals surface area contributed by atoms with Gasteiger partial charge < -0.3 is 9.69 Å². The van der Waals surface area contributed by atoms with E-state index in [1.165, 1.54) is 0 Å². The molecular weight excluding hydrogens is 252 g/mol. The summed E-state index contributed by atoms with van der Waals surface area (Å²) in [6.07, 6.45) is 7.44. The second-order valence-electron chi connectivity index (χ2n) is 5.86. The predicted molar refractivity (Wildman–Crippen MR) is 81.6 cm³/mol. The van der Waals surface area contributed by atoms with Gasteiger partial charge in [0.15, 0.2) is 0 Å². The average Bonchev–Trinajstić information content (AvgIpc) is 2.47. The number of rotatable bonds is 9. The van der Waals surface area contributed by atoms with E-state index in [0.717, 1.165) is 71.0 Å². The smallest absolute Gasteiger partial charge is 0.236 e. The highest BCUT2D eigenvalue weighted by molar-refractivity contribution is 5.78. The van der Waals surface area contributed by atoms with E-state index in [4.69, 9.17) is 0 Å². The van der Waals surface area contributed by atoms with E-state index in [2.05, 4.69) is 18.7 Å². The van der Waals surface area contributed by atoms with Crippen LogP contribution in [0.4, 0.5) is 0 Å². The maximum atomic E-state index is 12.4. The van der Waals surface area contributed by atoms with Crippen LogP contribution >= 0.6 is 0 Å². The Hall–Kier alpha value is -0.900. The van der Waals surface area contributed by atoms with Crippen LogP contribution in [-0.2, 0) is 9.59 Å². The van der Waals surface area contributed by atoms with Crippen molar-refractivity contribution >= 4 is 12.2 Å². The van der Waals surface area contributed by atoms with Crippen molar-refractivity contribution in [3.05, 3.63) is 0 Å². The summed E-state index contributed by atoms with van der Waals surface area (Å²) in [5.41, 5.74) is 0. The Morgan fingerprint density at radius 2 is 1.90 bits per heavy atom. The van der Waals surface area contributed by atoms with E-state index < -0.39 is 0 Å². The third-order valence-corrected chi connectivity index (χ3v) is 4.01. The molecule has 116 valence electrons. The van der Waals surface area contributed by atoms with Gasteiger partial charge in [0.25, 0.3) is 0 Å². The predicted octanol–water partition coefficient (Wildman–Crippen LogP) is 2.33. The molecule has 4 nitrogen and oxygen atoms in total. The van der Waals surface area contributed by atoms with Gasteiger partial charge in [0.1, 0.15) is 6.29 Å². The van der Waals surface area contributed by atoms with Crippen LogP contribution in [0.2, 0.25) is 0 Å². The highest BCUT2D eigenvalue weighted by Gasteiger charge is 2.23. The number of hydrogen-bond acceptors (Lipinski definition) is 3. The highest BCUT2D eigenvalue weighted by atomic mass is 16.2. The second kappa shape index (κ2) is 9.92. The maximum absolute atomic E-state index is 12.4. The van der Waals surface area contributed by atoms with Crippen molar-refractivity contribution in [2.45, 2.75) is 52.4 Å². The number of amides is 1. The summed E-state index contributed by atoms with van der Waals surface area (Å²) in [4.78, 5) is 27.5. The molecule has 1 saturated heterocycles. The van der Waals surface area contributed by atoms with Crippen LogP contribution in [0.25, 0.3) is 0 Å². The number of hydrogen-bond donors (Lipinski definition) is 0. The molecule has 0 N–H and O–H groups in total. The van der Waals surface area contributed by atoms with Crippen LogP contribution in [0, 0.1) is 5.92 Å². The third kappa shape index (κ3) is 6.04. The maximum Gasteiger partial charge on any atom is 0.236 e. The molecule has 1 heterocycles. The van der Waals surface area contributed by atoms with Gasteiger partial charge in [0, 0.05) is 25.6 Å². The Morgan fingerprint density at radius 1 is 1.25 bits per heavy atom. The van der Waals surface area contributed by atoms with Gasteiger partial charge in [-0.05, 0) is 32.2 Å². The molecular formula is C16H30N2O2. The minimum Gasteiger partial charge on any atom is -0.342 e. The van der Waals surface area contributed by atoms with E-state index in [1.54, 1.807) is 0 Å². The van der Waals surface area contributed by atoms with E-state index >= 15 is 0 Å². The molecule has 1 aliphatic heterocycles. The lowest BCUT2D eigenvalue weighted by atomic mass is 10.00. The molecule has 4 heteroatoms. The second-order valence-corrected chi connectivity index (χ2v) is 5.86. The molecule has 1 aliphatic rings. The van der Waals surface area contributed by atoms with Crippen LogP contribution in [0.15, 0.2) is 0 Å². The van der Waals surface area contributed by atoms with Crippen LogP contribution in [0.1, 0.15) is 52.4 Å². The molecule has 1 atom stereocenters. The number of unbranched alkanes of at least 4 members (excludes halogenated alkanes) is 2. The molecule has 20 heavy (non-hydrogen) atoms. The van der Waals surface area contributed by atoms with Gasteiger partial charge in [-0.3, -0.25) is 9.69 Å². The fourth-order valence-electron chi connectivity index (χ4n) is 2.70. The number of aldehydes is 1. The Labute approximate surface area is 123 Å². The summed E-state index contributed by atoms with van der Waals surface area (Å²) in [5.74, 6) is 0.356. The van der Waals surface area contributed by atoms with Gasteiger partial charge in [0.2, 0.25) is 5.91 Å². The van der Waals surface area contributed by atoms with Crippen molar-refractivity contribution in [3.8, 4) is 0 Å². The molecule has 0 aromatic carbocycles. The Morgan fingerprint density at radius 3 is 2.45 bits per heavy atom. The zero-order valence-electron chi connectivity index (χ0n) is 13.1. The van der Waals surface area contributed by atoms with Gasteiger partial charge in [-0.15, -0.1) is 0 Å². The number of carbonyl (C=O) groups excluding carboxylic acids is 2. The zero-order valence-corrected chi connectivity index (χ0v) is 13.1. The van der Waals surface area contributed by atoms with E-state index in [0.29, 0.717) is 6.54 Å². The quantitative estimate of drug-likeness (QED) is 0.609. The van der Waals surface area contributed by atoms with Crippen LogP contribution in [0.3, 0.4) is 0 Å². The molecule has 0 bridgehead atoms. The first kappa shape index (κ1) is 17.2. The lowest BCUT2D eigenvalue weighted by Crippen LogP contribution is -2.45.